The van der Waals surface area contributed by atoms with Gasteiger partial charge in [0, 0.05) is 18.6 Å². The molecule has 2 rings (SSSR count). The van der Waals surface area contributed by atoms with Gasteiger partial charge in [0.15, 0.2) is 0 Å². The van der Waals surface area contributed by atoms with Crippen LogP contribution in [0, 0.1) is 5.92 Å². The Hall–Kier alpha value is -0.0800. The number of nitrogens with two attached hydrogens (primary N) is 1. The van der Waals surface area contributed by atoms with Crippen molar-refractivity contribution in [2.24, 2.45) is 11.7 Å². The fourth-order valence-electron chi connectivity index (χ4n) is 2.10. The van der Waals surface area contributed by atoms with Gasteiger partial charge in [-0.15, -0.1) is 0 Å². The summed E-state index contributed by atoms with van der Waals surface area (Å²) in [6, 6.07) is 1.06. The van der Waals surface area contributed by atoms with Gasteiger partial charge >= 0.3 is 0 Å². The number of hydrogen-bond acceptors (Lipinski definition) is 2. The van der Waals surface area contributed by atoms with Gasteiger partial charge in [0.2, 0.25) is 0 Å². The molecule has 1 saturated heterocycles. The molecule has 2 heteroatoms. The highest BCUT2D eigenvalue weighted by atomic mass is 15.2. The molecule has 0 bridgehead atoms. The highest BCUT2D eigenvalue weighted by Gasteiger charge is 2.29. The Morgan fingerprint density at radius 1 is 1.33 bits per heavy atom. The third-order valence-electron chi connectivity index (χ3n) is 3.47. The van der Waals surface area contributed by atoms with Gasteiger partial charge in [-0.25, -0.2) is 0 Å². The quantitative estimate of drug-likeness (QED) is 0.686. The van der Waals surface area contributed by atoms with Gasteiger partial charge in [-0.05, 0) is 32.2 Å². The zero-order valence-electron chi connectivity index (χ0n) is 8.00. The van der Waals surface area contributed by atoms with Gasteiger partial charge in [-0.1, -0.05) is 12.8 Å². The second-order valence-corrected chi connectivity index (χ2v) is 4.46. The van der Waals surface area contributed by atoms with Crippen LogP contribution >= 0.6 is 0 Å². The van der Waals surface area contributed by atoms with E-state index in [4.69, 9.17) is 5.73 Å². The van der Waals surface area contributed by atoms with Gasteiger partial charge in [0.25, 0.3) is 0 Å². The van der Waals surface area contributed by atoms with Crippen LogP contribution < -0.4 is 5.73 Å². The van der Waals surface area contributed by atoms with Crippen LogP contribution in [0.5, 0.6) is 0 Å². The molecular formula is C10H20N2. The summed E-state index contributed by atoms with van der Waals surface area (Å²) >= 11 is 0. The minimum atomic E-state index is 0.434. The lowest BCUT2D eigenvalue weighted by Crippen LogP contribution is -2.37. The van der Waals surface area contributed by atoms with Crippen LogP contribution in [0.3, 0.4) is 0 Å². The summed E-state index contributed by atoms with van der Waals surface area (Å²) in [5.41, 5.74) is 5.95. The van der Waals surface area contributed by atoms with Crippen molar-refractivity contribution in [2.45, 2.75) is 44.7 Å². The second kappa shape index (κ2) is 3.35. The fourth-order valence-corrected chi connectivity index (χ4v) is 2.10. The molecule has 2 unspecified atom stereocenters. The maximum atomic E-state index is 5.95. The Morgan fingerprint density at radius 3 is 2.58 bits per heavy atom. The lowest BCUT2D eigenvalue weighted by atomic mass is 10.1. The van der Waals surface area contributed by atoms with E-state index in [0.717, 1.165) is 5.92 Å². The van der Waals surface area contributed by atoms with E-state index in [-0.39, 0.29) is 0 Å². The van der Waals surface area contributed by atoms with Crippen molar-refractivity contribution in [1.82, 2.24) is 4.90 Å². The van der Waals surface area contributed by atoms with E-state index in [1.54, 1.807) is 0 Å². The lowest BCUT2D eigenvalue weighted by molar-refractivity contribution is 0.252. The Balaban J connectivity index is 1.72. The molecule has 0 aromatic carbocycles. The standard InChI is InChI=1S/C10H20N2/c1-8-10(11)5-7-12(8)6-4-9-2-3-9/h8-10H,2-7,11H2,1H3. The molecule has 1 saturated carbocycles. The minimum absolute atomic E-state index is 0.434. The lowest BCUT2D eigenvalue weighted by Gasteiger charge is -2.22. The van der Waals surface area contributed by atoms with Crippen molar-refractivity contribution in [3.8, 4) is 0 Å². The van der Waals surface area contributed by atoms with Gasteiger partial charge in [-0.2, -0.15) is 0 Å². The Labute approximate surface area is 75.1 Å². The average molecular weight is 168 g/mol. The Bertz CT molecular complexity index is 154. The third kappa shape index (κ3) is 1.80. The van der Waals surface area contributed by atoms with Crippen molar-refractivity contribution in [3.05, 3.63) is 0 Å². The van der Waals surface area contributed by atoms with Crippen molar-refractivity contribution < 1.29 is 0 Å². The summed E-state index contributed by atoms with van der Waals surface area (Å²) in [6.07, 6.45) is 5.57. The molecule has 2 atom stereocenters. The summed E-state index contributed by atoms with van der Waals surface area (Å²) in [5, 5.41) is 0. The van der Waals surface area contributed by atoms with E-state index in [1.165, 1.54) is 38.8 Å². The van der Waals surface area contributed by atoms with Crippen molar-refractivity contribution in [1.29, 1.82) is 0 Å². The maximum absolute atomic E-state index is 5.95. The molecule has 70 valence electrons. The van der Waals surface area contributed by atoms with E-state index in [0.29, 0.717) is 12.1 Å². The molecule has 2 N–H and O–H groups in total. The monoisotopic (exact) mass is 168 g/mol. The normalized spacial score (nSPS) is 37.5. The molecule has 2 aliphatic rings. The predicted octanol–water partition coefficient (Wildman–Crippen LogP) is 1.21. The van der Waals surface area contributed by atoms with Crippen LogP contribution in [0.25, 0.3) is 0 Å². The SMILES string of the molecule is CC1C(N)CCN1CCC1CC1. The van der Waals surface area contributed by atoms with Gasteiger partial charge in [-0.3, -0.25) is 4.90 Å². The van der Waals surface area contributed by atoms with Crippen LogP contribution in [0.2, 0.25) is 0 Å². The van der Waals surface area contributed by atoms with Gasteiger partial charge in [0.1, 0.15) is 0 Å². The smallest absolute Gasteiger partial charge is 0.0219 e. The summed E-state index contributed by atoms with van der Waals surface area (Å²) < 4.78 is 0. The average Bonchev–Trinajstić information content (AvgIpc) is 2.82. The number of nitrogens with zero attached hydrogens (tertiary/aromatic N) is 1. The van der Waals surface area contributed by atoms with Gasteiger partial charge < -0.3 is 5.73 Å². The first-order valence-corrected chi connectivity index (χ1v) is 5.27. The molecule has 0 aromatic heterocycles. The molecule has 2 nitrogen and oxygen atoms in total. The zero-order valence-corrected chi connectivity index (χ0v) is 8.00. The van der Waals surface area contributed by atoms with Gasteiger partial charge in [0.05, 0.1) is 0 Å². The number of hydrogen-bond donors (Lipinski definition) is 1. The minimum Gasteiger partial charge on any atom is -0.326 e. The molecule has 12 heavy (non-hydrogen) atoms. The first-order valence-electron chi connectivity index (χ1n) is 5.27. The van der Waals surface area contributed by atoms with Crippen LogP contribution in [0.4, 0.5) is 0 Å². The molecule has 0 aromatic rings. The molecule has 0 radical (unpaired) electrons. The summed E-state index contributed by atoms with van der Waals surface area (Å²) in [6.45, 7) is 4.79. The zero-order chi connectivity index (χ0) is 8.55. The number of likely N-dealkylation sites (tertiary alicyclic amines) is 1. The maximum Gasteiger partial charge on any atom is 0.0219 e. The first kappa shape index (κ1) is 8.52. The molecule has 1 aliphatic carbocycles. The van der Waals surface area contributed by atoms with Crippen LogP contribution in [0.1, 0.15) is 32.6 Å². The highest BCUT2D eigenvalue weighted by molar-refractivity contribution is 4.87. The largest absolute Gasteiger partial charge is 0.326 e. The van der Waals surface area contributed by atoms with E-state index in [9.17, 15) is 0 Å². The topological polar surface area (TPSA) is 29.3 Å². The first-order chi connectivity index (χ1) is 5.77. The van der Waals surface area contributed by atoms with E-state index in [1.807, 2.05) is 0 Å². The molecule has 1 aliphatic heterocycles. The fraction of sp³-hybridized carbons (Fsp3) is 1.00. The molecule has 1 heterocycles. The van der Waals surface area contributed by atoms with Crippen molar-refractivity contribution >= 4 is 0 Å². The van der Waals surface area contributed by atoms with Crippen molar-refractivity contribution in [3.63, 3.8) is 0 Å². The summed E-state index contributed by atoms with van der Waals surface area (Å²) in [5.74, 6) is 1.06. The van der Waals surface area contributed by atoms with Crippen molar-refractivity contribution in [2.75, 3.05) is 13.1 Å². The molecule has 0 amide bonds. The molecule has 0 spiro atoms. The third-order valence-corrected chi connectivity index (χ3v) is 3.47. The van der Waals surface area contributed by atoms with Crippen LogP contribution in [0.15, 0.2) is 0 Å². The van der Waals surface area contributed by atoms with E-state index in [2.05, 4.69) is 11.8 Å². The Morgan fingerprint density at radius 2 is 2.08 bits per heavy atom. The molecular weight excluding hydrogens is 148 g/mol. The molecule has 2 fully saturated rings. The highest BCUT2D eigenvalue weighted by Crippen LogP contribution is 2.33. The summed E-state index contributed by atoms with van der Waals surface area (Å²) in [4.78, 5) is 2.56. The second-order valence-electron chi connectivity index (χ2n) is 4.46. The predicted molar refractivity (Wildman–Crippen MR) is 51.0 cm³/mol. The van der Waals surface area contributed by atoms with E-state index < -0.39 is 0 Å². The van der Waals surface area contributed by atoms with E-state index >= 15 is 0 Å². The van der Waals surface area contributed by atoms with Crippen LogP contribution in [-0.4, -0.2) is 30.1 Å². The van der Waals surface area contributed by atoms with Crippen LogP contribution in [-0.2, 0) is 0 Å². The summed E-state index contributed by atoms with van der Waals surface area (Å²) in [7, 11) is 0. The number of rotatable bonds is 3. The Kier molecular flexibility index (Phi) is 2.37.